The van der Waals surface area contributed by atoms with Gasteiger partial charge in [-0.3, -0.25) is 4.79 Å². The maximum atomic E-state index is 13.9. The molecule has 4 rings (SSSR count). The predicted molar refractivity (Wildman–Crippen MR) is 116 cm³/mol. The maximum Gasteiger partial charge on any atom is 0.330 e. The number of tetrazole rings is 1. The second-order valence-corrected chi connectivity index (χ2v) is 9.53. The average Bonchev–Trinajstić information content (AvgIpc) is 3.48. The van der Waals surface area contributed by atoms with Gasteiger partial charge in [-0.2, -0.15) is 0 Å². The Balaban J connectivity index is 1.59. The molecule has 1 aliphatic rings. The number of hydrogen-bond acceptors (Lipinski definition) is 7. The Hall–Kier alpha value is -2.99. The molecule has 2 heterocycles. The van der Waals surface area contributed by atoms with Crippen molar-refractivity contribution in [2.75, 3.05) is 5.32 Å². The first kappa shape index (κ1) is 23.2. The van der Waals surface area contributed by atoms with Crippen LogP contribution in [0.15, 0.2) is 30.5 Å². The Morgan fingerprint density at radius 3 is 2.64 bits per heavy atom. The normalized spacial score (nSPS) is 19.2. The van der Waals surface area contributed by atoms with E-state index in [1.165, 1.54) is 13.1 Å². The van der Waals surface area contributed by atoms with Gasteiger partial charge in [-0.15, -0.1) is 15.0 Å². The van der Waals surface area contributed by atoms with Gasteiger partial charge in [0, 0.05) is 18.4 Å². The molecule has 0 radical (unpaired) electrons. The number of nitrogens with one attached hydrogen (secondary N) is 1. The molecule has 0 spiro atoms. The van der Waals surface area contributed by atoms with Gasteiger partial charge >= 0.3 is 5.97 Å². The molecular formula is C20H19ClF2N6O3S. The van der Waals surface area contributed by atoms with Gasteiger partial charge < -0.3 is 10.4 Å². The van der Waals surface area contributed by atoms with Gasteiger partial charge in [0.15, 0.2) is 11.2 Å². The summed E-state index contributed by atoms with van der Waals surface area (Å²) in [5.74, 6) is -5.49. The number of aliphatic carboxylic acids is 1. The van der Waals surface area contributed by atoms with Crippen molar-refractivity contribution >= 4 is 39.9 Å². The molecule has 1 fully saturated rings. The number of anilines is 1. The maximum absolute atomic E-state index is 13.9. The third-order valence-electron chi connectivity index (χ3n) is 5.56. The average molecular weight is 497 g/mol. The summed E-state index contributed by atoms with van der Waals surface area (Å²) in [6.07, 6.45) is 0.973. The molecule has 0 aliphatic heterocycles. The molecule has 3 aromatic rings. The SMILES string of the molecule is CC(C(=O)O)n1nnc(-c2ccc(C(C(=O)Nc3ncc(Cl)s3)C3CCC(F)(F)C3)cc2)n1. The summed E-state index contributed by atoms with van der Waals surface area (Å²) in [5.41, 5.74) is 1.11. The monoisotopic (exact) mass is 496 g/mol. The second-order valence-electron chi connectivity index (χ2n) is 7.86. The fraction of sp³-hybridized carbons (Fsp3) is 0.400. The van der Waals surface area contributed by atoms with E-state index in [4.69, 9.17) is 16.7 Å². The Kier molecular flexibility index (Phi) is 6.39. The standard InChI is InChI=1S/C20H19ClF2N6O3S/c1-10(18(31)32)29-27-16(26-28-29)12-4-2-11(3-5-12)15(13-6-7-20(22,23)8-13)17(30)25-19-24-9-14(21)33-19/h2-5,9-10,13,15H,6-8H2,1H3,(H,31,32)(H,24,25,30). The number of carboxylic acid groups (broad SMARTS) is 1. The van der Waals surface area contributed by atoms with Crippen molar-refractivity contribution in [3.8, 4) is 11.4 Å². The first-order valence-corrected chi connectivity index (χ1v) is 11.2. The smallest absolute Gasteiger partial charge is 0.330 e. The van der Waals surface area contributed by atoms with Crippen LogP contribution in [-0.2, 0) is 9.59 Å². The molecular weight excluding hydrogens is 478 g/mol. The van der Waals surface area contributed by atoms with Crippen LogP contribution in [0.5, 0.6) is 0 Å². The van der Waals surface area contributed by atoms with Crippen LogP contribution in [0, 0.1) is 5.92 Å². The Bertz CT molecular complexity index is 1170. The highest BCUT2D eigenvalue weighted by molar-refractivity contribution is 7.19. The summed E-state index contributed by atoms with van der Waals surface area (Å²) in [5, 5.41) is 23.8. The van der Waals surface area contributed by atoms with Crippen molar-refractivity contribution in [1.82, 2.24) is 25.2 Å². The van der Waals surface area contributed by atoms with Gasteiger partial charge in [-0.1, -0.05) is 47.2 Å². The molecule has 13 heteroatoms. The van der Waals surface area contributed by atoms with E-state index in [1.807, 2.05) is 0 Å². The highest BCUT2D eigenvalue weighted by Gasteiger charge is 2.45. The van der Waals surface area contributed by atoms with Crippen LogP contribution in [0.1, 0.15) is 43.7 Å². The quantitative estimate of drug-likeness (QED) is 0.501. The zero-order valence-corrected chi connectivity index (χ0v) is 18.9. The van der Waals surface area contributed by atoms with Crippen LogP contribution in [-0.4, -0.2) is 48.1 Å². The number of rotatable bonds is 7. The van der Waals surface area contributed by atoms with Gasteiger partial charge in [-0.05, 0) is 30.0 Å². The van der Waals surface area contributed by atoms with Gasteiger partial charge in [0.2, 0.25) is 17.7 Å². The largest absolute Gasteiger partial charge is 0.480 e. The highest BCUT2D eigenvalue weighted by atomic mass is 35.5. The van der Waals surface area contributed by atoms with Crippen LogP contribution in [0.25, 0.3) is 11.4 Å². The molecule has 0 saturated heterocycles. The summed E-state index contributed by atoms with van der Waals surface area (Å²) in [6.45, 7) is 1.42. The molecule has 33 heavy (non-hydrogen) atoms. The highest BCUT2D eigenvalue weighted by Crippen LogP contribution is 2.46. The molecule has 9 nitrogen and oxygen atoms in total. The third kappa shape index (κ3) is 5.17. The Morgan fingerprint density at radius 1 is 1.33 bits per heavy atom. The number of amides is 1. The number of benzene rings is 1. The summed E-state index contributed by atoms with van der Waals surface area (Å²) >= 11 is 6.96. The molecule has 3 unspecified atom stereocenters. The lowest BCUT2D eigenvalue weighted by Gasteiger charge is -2.23. The molecule has 0 bridgehead atoms. The van der Waals surface area contributed by atoms with Crippen molar-refractivity contribution < 1.29 is 23.5 Å². The van der Waals surface area contributed by atoms with Crippen molar-refractivity contribution in [2.45, 2.75) is 44.1 Å². The van der Waals surface area contributed by atoms with Crippen molar-refractivity contribution in [3.05, 3.63) is 40.4 Å². The van der Waals surface area contributed by atoms with E-state index in [0.29, 0.717) is 20.6 Å². The Labute approximate surface area is 195 Å². The first-order chi connectivity index (χ1) is 15.6. The molecule has 1 amide bonds. The van der Waals surface area contributed by atoms with E-state index < -0.39 is 35.7 Å². The van der Waals surface area contributed by atoms with Crippen molar-refractivity contribution in [3.63, 3.8) is 0 Å². The van der Waals surface area contributed by atoms with Crippen LogP contribution >= 0.6 is 22.9 Å². The fourth-order valence-electron chi connectivity index (χ4n) is 3.84. The first-order valence-electron chi connectivity index (χ1n) is 10.1. The molecule has 3 atom stereocenters. The number of hydrogen-bond donors (Lipinski definition) is 2. The minimum atomic E-state index is -2.81. The number of nitrogens with zero attached hydrogens (tertiary/aromatic N) is 5. The minimum absolute atomic E-state index is 0.209. The molecule has 1 aliphatic carbocycles. The minimum Gasteiger partial charge on any atom is -0.480 e. The van der Waals surface area contributed by atoms with Crippen molar-refractivity contribution in [2.24, 2.45) is 5.92 Å². The molecule has 1 aromatic carbocycles. The van der Waals surface area contributed by atoms with Crippen LogP contribution in [0.2, 0.25) is 4.34 Å². The second kappa shape index (κ2) is 9.10. The molecule has 1 saturated carbocycles. The number of carbonyl (C=O) groups is 2. The number of carboxylic acids is 1. The summed E-state index contributed by atoms with van der Waals surface area (Å²) in [7, 11) is 0. The van der Waals surface area contributed by atoms with E-state index in [9.17, 15) is 18.4 Å². The van der Waals surface area contributed by atoms with Gasteiger partial charge in [0.1, 0.15) is 4.34 Å². The van der Waals surface area contributed by atoms with Crippen LogP contribution < -0.4 is 5.32 Å². The predicted octanol–water partition coefficient (Wildman–Crippen LogP) is 4.25. The summed E-state index contributed by atoms with van der Waals surface area (Å²) < 4.78 is 28.3. The van der Waals surface area contributed by atoms with E-state index in [-0.39, 0.29) is 25.1 Å². The van der Waals surface area contributed by atoms with E-state index >= 15 is 0 Å². The van der Waals surface area contributed by atoms with Gasteiger partial charge in [-0.25, -0.2) is 18.6 Å². The fourth-order valence-corrected chi connectivity index (χ4v) is 4.66. The lowest BCUT2D eigenvalue weighted by molar-refractivity contribution is -0.141. The van der Waals surface area contributed by atoms with E-state index in [2.05, 4.69) is 25.7 Å². The van der Waals surface area contributed by atoms with E-state index in [0.717, 1.165) is 16.1 Å². The zero-order chi connectivity index (χ0) is 23.8. The summed E-state index contributed by atoms with van der Waals surface area (Å²) in [6, 6.07) is 5.63. The number of alkyl halides is 2. The van der Waals surface area contributed by atoms with Crippen LogP contribution in [0.4, 0.5) is 13.9 Å². The number of thiazole rings is 1. The summed E-state index contributed by atoms with van der Waals surface area (Å²) in [4.78, 5) is 29.2. The molecule has 174 valence electrons. The molecule has 2 N–H and O–H groups in total. The van der Waals surface area contributed by atoms with Gasteiger partial charge in [0.05, 0.1) is 12.1 Å². The number of aromatic nitrogens is 5. The lowest BCUT2D eigenvalue weighted by Crippen LogP contribution is -2.27. The van der Waals surface area contributed by atoms with E-state index in [1.54, 1.807) is 24.3 Å². The number of halogens is 3. The van der Waals surface area contributed by atoms with Crippen LogP contribution in [0.3, 0.4) is 0 Å². The zero-order valence-electron chi connectivity index (χ0n) is 17.3. The topological polar surface area (TPSA) is 123 Å². The van der Waals surface area contributed by atoms with Crippen molar-refractivity contribution in [1.29, 1.82) is 0 Å². The Morgan fingerprint density at radius 2 is 2.06 bits per heavy atom. The lowest BCUT2D eigenvalue weighted by atomic mass is 9.83. The number of carbonyl (C=O) groups excluding carboxylic acids is 1. The molecule has 2 aromatic heterocycles. The van der Waals surface area contributed by atoms with Gasteiger partial charge in [0.25, 0.3) is 0 Å². The third-order valence-corrected chi connectivity index (χ3v) is 6.59.